The molecule has 3 nitrogen and oxygen atoms in total. The Morgan fingerprint density at radius 2 is 2.06 bits per heavy atom. The molecule has 0 saturated carbocycles. The van der Waals surface area contributed by atoms with Crippen molar-refractivity contribution in [2.75, 3.05) is 0 Å². The number of nitrogens with two attached hydrogens (primary N) is 1. The van der Waals surface area contributed by atoms with Crippen molar-refractivity contribution in [2.45, 2.75) is 19.5 Å². The van der Waals surface area contributed by atoms with Gasteiger partial charge in [-0.05, 0) is 24.6 Å². The molecule has 0 aliphatic rings. The molecular weight excluding hydrogens is 224 g/mol. The molecule has 2 aromatic rings. The first-order valence-electron chi connectivity index (χ1n) is 5.29. The van der Waals surface area contributed by atoms with Crippen molar-refractivity contribution >= 4 is 0 Å². The van der Waals surface area contributed by atoms with Gasteiger partial charge < -0.3 is 5.73 Å². The lowest BCUT2D eigenvalue weighted by molar-refractivity contribution is 0.509. The Kier molecular flexibility index (Phi) is 3.19. The van der Waals surface area contributed by atoms with E-state index in [4.69, 9.17) is 5.73 Å². The number of nitrogens with zero attached hydrogens (tertiary/aromatic N) is 2. The Balaban J connectivity index is 2.27. The van der Waals surface area contributed by atoms with Crippen LogP contribution in [0, 0.1) is 11.6 Å². The highest BCUT2D eigenvalue weighted by Gasteiger charge is 2.07. The van der Waals surface area contributed by atoms with Gasteiger partial charge in [0, 0.05) is 17.8 Å². The van der Waals surface area contributed by atoms with E-state index in [2.05, 4.69) is 5.10 Å². The Bertz CT molecular complexity index is 520. The van der Waals surface area contributed by atoms with Crippen LogP contribution in [0.15, 0.2) is 30.6 Å². The van der Waals surface area contributed by atoms with E-state index in [-0.39, 0.29) is 6.04 Å². The summed E-state index contributed by atoms with van der Waals surface area (Å²) in [4.78, 5) is 0. The molecule has 17 heavy (non-hydrogen) atoms. The molecule has 0 radical (unpaired) electrons. The summed E-state index contributed by atoms with van der Waals surface area (Å²) in [6.07, 6.45) is 3.37. The molecule has 0 saturated heterocycles. The van der Waals surface area contributed by atoms with Gasteiger partial charge in [0.1, 0.15) is 0 Å². The lowest BCUT2D eigenvalue weighted by atomic mass is 10.1. The van der Waals surface area contributed by atoms with Crippen LogP contribution in [0.25, 0.3) is 11.1 Å². The fourth-order valence-electron chi connectivity index (χ4n) is 1.58. The molecule has 90 valence electrons. The normalized spacial score (nSPS) is 12.7. The van der Waals surface area contributed by atoms with Gasteiger partial charge >= 0.3 is 0 Å². The van der Waals surface area contributed by atoms with Crippen LogP contribution in [0.5, 0.6) is 0 Å². The lowest BCUT2D eigenvalue weighted by Gasteiger charge is -2.03. The van der Waals surface area contributed by atoms with Gasteiger partial charge in [0.15, 0.2) is 11.6 Å². The zero-order chi connectivity index (χ0) is 12.4. The zero-order valence-electron chi connectivity index (χ0n) is 9.40. The van der Waals surface area contributed by atoms with Crippen LogP contribution in [-0.4, -0.2) is 15.8 Å². The predicted octanol–water partition coefficient (Wildman–Crippen LogP) is 2.18. The summed E-state index contributed by atoms with van der Waals surface area (Å²) in [5.41, 5.74) is 6.98. The fourth-order valence-corrected chi connectivity index (χ4v) is 1.58. The first-order chi connectivity index (χ1) is 8.06. The maximum atomic E-state index is 13.1. The minimum absolute atomic E-state index is 0.00676. The van der Waals surface area contributed by atoms with E-state index in [1.807, 2.05) is 6.92 Å². The third-order valence-electron chi connectivity index (χ3n) is 2.36. The first kappa shape index (κ1) is 11.7. The Morgan fingerprint density at radius 3 is 2.71 bits per heavy atom. The van der Waals surface area contributed by atoms with E-state index in [1.54, 1.807) is 17.1 Å². The largest absolute Gasteiger partial charge is 0.326 e. The highest BCUT2D eigenvalue weighted by Crippen LogP contribution is 2.20. The van der Waals surface area contributed by atoms with E-state index in [1.165, 1.54) is 6.07 Å². The number of hydrogen-bond donors (Lipinski definition) is 1. The third-order valence-corrected chi connectivity index (χ3v) is 2.36. The van der Waals surface area contributed by atoms with Gasteiger partial charge in [-0.15, -0.1) is 0 Å². The molecule has 0 spiro atoms. The second-order valence-corrected chi connectivity index (χ2v) is 4.06. The van der Waals surface area contributed by atoms with Crippen LogP contribution in [0.2, 0.25) is 0 Å². The van der Waals surface area contributed by atoms with Gasteiger partial charge in [0.2, 0.25) is 0 Å². The highest BCUT2D eigenvalue weighted by atomic mass is 19.2. The molecule has 1 heterocycles. The summed E-state index contributed by atoms with van der Waals surface area (Å²) in [7, 11) is 0. The first-order valence-corrected chi connectivity index (χ1v) is 5.29. The Hall–Kier alpha value is -1.75. The molecule has 0 bridgehead atoms. The van der Waals surface area contributed by atoms with Crippen molar-refractivity contribution in [3.63, 3.8) is 0 Å². The average molecular weight is 237 g/mol. The highest BCUT2D eigenvalue weighted by molar-refractivity contribution is 5.61. The molecular formula is C12H13F2N3. The summed E-state index contributed by atoms with van der Waals surface area (Å²) in [5, 5.41) is 4.11. The summed E-state index contributed by atoms with van der Waals surface area (Å²) in [6.45, 7) is 2.46. The van der Waals surface area contributed by atoms with Crippen LogP contribution < -0.4 is 5.73 Å². The Labute approximate surface area is 97.9 Å². The quantitative estimate of drug-likeness (QED) is 0.889. The summed E-state index contributed by atoms with van der Waals surface area (Å²) < 4.78 is 27.5. The average Bonchev–Trinajstić information content (AvgIpc) is 2.69. The van der Waals surface area contributed by atoms with E-state index in [0.717, 1.165) is 17.7 Å². The smallest absolute Gasteiger partial charge is 0.159 e. The molecule has 0 aliphatic heterocycles. The Morgan fingerprint density at radius 1 is 1.29 bits per heavy atom. The van der Waals surface area contributed by atoms with Crippen molar-refractivity contribution in [3.05, 3.63) is 42.2 Å². The maximum absolute atomic E-state index is 13.1. The molecule has 0 aliphatic carbocycles. The number of halogens is 2. The van der Waals surface area contributed by atoms with Crippen LogP contribution in [-0.2, 0) is 6.54 Å². The molecule has 2 rings (SSSR count). The van der Waals surface area contributed by atoms with E-state index in [0.29, 0.717) is 12.1 Å². The van der Waals surface area contributed by atoms with Gasteiger partial charge in [0.25, 0.3) is 0 Å². The molecule has 1 atom stereocenters. The van der Waals surface area contributed by atoms with Crippen LogP contribution in [0.3, 0.4) is 0 Å². The number of hydrogen-bond acceptors (Lipinski definition) is 2. The van der Waals surface area contributed by atoms with Gasteiger partial charge in [-0.1, -0.05) is 6.07 Å². The van der Waals surface area contributed by atoms with Crippen molar-refractivity contribution in [1.82, 2.24) is 9.78 Å². The van der Waals surface area contributed by atoms with Crippen molar-refractivity contribution in [1.29, 1.82) is 0 Å². The monoisotopic (exact) mass is 237 g/mol. The predicted molar refractivity (Wildman–Crippen MR) is 61.2 cm³/mol. The van der Waals surface area contributed by atoms with Gasteiger partial charge in [-0.2, -0.15) is 5.10 Å². The zero-order valence-corrected chi connectivity index (χ0v) is 9.40. The maximum Gasteiger partial charge on any atom is 0.159 e. The van der Waals surface area contributed by atoms with Crippen molar-refractivity contribution < 1.29 is 8.78 Å². The van der Waals surface area contributed by atoms with E-state index in [9.17, 15) is 8.78 Å². The van der Waals surface area contributed by atoms with Crippen LogP contribution in [0.4, 0.5) is 8.78 Å². The van der Waals surface area contributed by atoms with E-state index >= 15 is 0 Å². The van der Waals surface area contributed by atoms with Gasteiger partial charge in [0.05, 0.1) is 12.7 Å². The molecule has 1 unspecified atom stereocenters. The fraction of sp³-hybridized carbons (Fsp3) is 0.250. The van der Waals surface area contributed by atoms with Crippen LogP contribution in [0.1, 0.15) is 6.92 Å². The second-order valence-electron chi connectivity index (χ2n) is 4.06. The van der Waals surface area contributed by atoms with Crippen LogP contribution >= 0.6 is 0 Å². The summed E-state index contributed by atoms with van der Waals surface area (Å²) in [5.74, 6) is -1.71. The molecule has 1 aromatic heterocycles. The second kappa shape index (κ2) is 4.63. The van der Waals surface area contributed by atoms with E-state index < -0.39 is 11.6 Å². The molecule has 0 amide bonds. The number of aromatic nitrogens is 2. The summed E-state index contributed by atoms with van der Waals surface area (Å²) >= 11 is 0. The summed E-state index contributed by atoms with van der Waals surface area (Å²) in [6, 6.07) is 3.77. The molecule has 1 aromatic carbocycles. The number of rotatable bonds is 3. The standard InChI is InChI=1S/C12H13F2N3/c1-8(15)6-17-7-10(5-16-17)9-2-3-11(13)12(14)4-9/h2-5,7-8H,6,15H2,1H3. The SMILES string of the molecule is CC(N)Cn1cc(-c2ccc(F)c(F)c2)cn1. The number of benzene rings is 1. The topological polar surface area (TPSA) is 43.8 Å². The minimum atomic E-state index is -0.859. The molecule has 0 fully saturated rings. The minimum Gasteiger partial charge on any atom is -0.326 e. The van der Waals surface area contributed by atoms with Crippen molar-refractivity contribution in [3.8, 4) is 11.1 Å². The molecule has 2 N–H and O–H groups in total. The third kappa shape index (κ3) is 2.68. The van der Waals surface area contributed by atoms with Gasteiger partial charge in [-0.25, -0.2) is 8.78 Å². The van der Waals surface area contributed by atoms with Gasteiger partial charge in [-0.3, -0.25) is 4.68 Å². The van der Waals surface area contributed by atoms with Crippen molar-refractivity contribution in [2.24, 2.45) is 5.73 Å². The molecule has 5 heteroatoms. The lowest BCUT2D eigenvalue weighted by Crippen LogP contribution is -2.22.